The van der Waals surface area contributed by atoms with E-state index in [1.54, 1.807) is 0 Å². The third kappa shape index (κ3) is 7.49. The van der Waals surface area contributed by atoms with Crippen molar-refractivity contribution in [2.24, 2.45) is 5.41 Å². The molecule has 1 rings (SSSR count). The summed E-state index contributed by atoms with van der Waals surface area (Å²) in [4.78, 5) is 77.6. The van der Waals surface area contributed by atoms with Gasteiger partial charge in [-0.1, -0.05) is 0 Å². The molecule has 0 aliphatic carbocycles. The number of nitrogens with one attached hydrogen (secondary N) is 2. The molecular weight excluding hydrogens is 582 g/mol. The van der Waals surface area contributed by atoms with Crippen molar-refractivity contribution in [1.29, 1.82) is 0 Å². The maximum absolute atomic E-state index is 13.2. The van der Waals surface area contributed by atoms with E-state index in [0.29, 0.717) is 4.57 Å². The number of aromatic nitrogens is 3. The van der Waals surface area contributed by atoms with Crippen LogP contribution < -0.4 is 17.1 Å². The summed E-state index contributed by atoms with van der Waals surface area (Å²) in [5.41, 5.74) is -8.55. The van der Waals surface area contributed by atoms with E-state index in [0.717, 1.165) is 0 Å². The van der Waals surface area contributed by atoms with Gasteiger partial charge in [0.2, 0.25) is 0 Å². The highest BCUT2D eigenvalue weighted by Crippen LogP contribution is 2.58. The summed E-state index contributed by atoms with van der Waals surface area (Å²) in [7, 11) is 0. The standard InChI is InChI=1S/C21H33N3O12S3/c25-4-1-20(2-5-26,24-17(35)22-16(34)23-18(24)36)21(39,3-6-27)19(15(32)33,9-11(37)7-13(28)29)10-12(38)8-14(30)31/h11-12,25-27,37-39H,1-10H2,(H,28,29)(H,30,31)(H,32,33)(H2,22,23,34,35,36). The lowest BCUT2D eigenvalue weighted by molar-refractivity contribution is -0.158. The fourth-order valence-corrected chi connectivity index (χ4v) is 6.98. The maximum atomic E-state index is 13.2. The first-order valence-corrected chi connectivity index (χ1v) is 13.1. The summed E-state index contributed by atoms with van der Waals surface area (Å²) in [5.74, 6) is -4.38. The zero-order valence-corrected chi connectivity index (χ0v) is 23.3. The predicted molar refractivity (Wildman–Crippen MR) is 146 cm³/mol. The number of aliphatic hydroxyl groups excluding tert-OH is 3. The molecule has 18 heteroatoms. The van der Waals surface area contributed by atoms with Gasteiger partial charge in [-0.05, 0) is 32.1 Å². The normalized spacial score (nSPS) is 16.6. The molecule has 0 spiro atoms. The van der Waals surface area contributed by atoms with Crippen LogP contribution in [0.25, 0.3) is 0 Å². The van der Waals surface area contributed by atoms with Crippen molar-refractivity contribution < 1.29 is 45.0 Å². The van der Waals surface area contributed by atoms with Gasteiger partial charge in [-0.25, -0.2) is 19.0 Å². The van der Waals surface area contributed by atoms with E-state index in [1.165, 1.54) is 0 Å². The predicted octanol–water partition coefficient (Wildman–Crippen LogP) is -1.87. The number of nitrogens with zero attached hydrogens (tertiary/aromatic N) is 1. The molecule has 0 aliphatic rings. The molecule has 0 saturated heterocycles. The van der Waals surface area contributed by atoms with Crippen molar-refractivity contribution in [3.8, 4) is 0 Å². The number of thiol groups is 3. The number of H-pyrrole nitrogens is 2. The van der Waals surface area contributed by atoms with Gasteiger partial charge in [0.05, 0.1) is 28.5 Å². The molecular formula is C21H33N3O12S3. The van der Waals surface area contributed by atoms with Crippen LogP contribution in [-0.2, 0) is 19.9 Å². The Kier molecular flexibility index (Phi) is 12.8. The minimum absolute atomic E-state index is 0.399. The van der Waals surface area contributed by atoms with E-state index in [1.807, 2.05) is 9.97 Å². The third-order valence-electron chi connectivity index (χ3n) is 6.76. The van der Waals surface area contributed by atoms with E-state index in [2.05, 4.69) is 25.3 Å². The first-order valence-electron chi connectivity index (χ1n) is 11.6. The summed E-state index contributed by atoms with van der Waals surface area (Å²) in [6.07, 6.45) is -4.48. The van der Waals surface area contributed by atoms with Gasteiger partial charge in [-0.15, -0.1) is 0 Å². The molecule has 0 aromatic carbocycles. The lowest BCUT2D eigenvalue weighted by Gasteiger charge is -2.57. The molecule has 0 amide bonds. The van der Waals surface area contributed by atoms with Crippen LogP contribution in [0.4, 0.5) is 0 Å². The highest BCUT2D eigenvalue weighted by Gasteiger charge is 2.66. The molecule has 3 unspecified atom stereocenters. The number of carboxylic acid groups (broad SMARTS) is 3. The summed E-state index contributed by atoms with van der Waals surface area (Å²) in [5, 5.41) is 57.1. The van der Waals surface area contributed by atoms with Crippen LogP contribution in [0.2, 0.25) is 0 Å². The minimum Gasteiger partial charge on any atom is -0.481 e. The van der Waals surface area contributed by atoms with Crippen LogP contribution in [0.15, 0.2) is 14.4 Å². The Hall–Kier alpha value is -2.25. The average Bonchev–Trinajstić information content (AvgIpc) is 2.76. The fraction of sp³-hybridized carbons (Fsp3) is 0.714. The Labute approximate surface area is 237 Å². The summed E-state index contributed by atoms with van der Waals surface area (Å²) in [6.45, 7) is -2.44. The number of aliphatic hydroxyl groups is 3. The second-order valence-electron chi connectivity index (χ2n) is 9.14. The van der Waals surface area contributed by atoms with Crippen LogP contribution in [0.1, 0.15) is 44.9 Å². The number of hydrogen-bond acceptors (Lipinski definition) is 12. The molecule has 0 bridgehead atoms. The van der Waals surface area contributed by atoms with E-state index in [-0.39, 0.29) is 0 Å². The average molecular weight is 616 g/mol. The quantitative estimate of drug-likeness (QED) is 0.0812. The zero-order chi connectivity index (χ0) is 30.2. The monoisotopic (exact) mass is 615 g/mol. The Morgan fingerprint density at radius 2 is 1.15 bits per heavy atom. The highest BCUT2D eigenvalue weighted by atomic mass is 32.1. The smallest absolute Gasteiger partial charge is 0.334 e. The number of aliphatic carboxylic acids is 3. The van der Waals surface area contributed by atoms with Gasteiger partial charge in [0.15, 0.2) is 0 Å². The molecule has 1 aromatic rings. The van der Waals surface area contributed by atoms with Crippen molar-refractivity contribution in [1.82, 2.24) is 14.5 Å². The Morgan fingerprint density at radius 3 is 1.46 bits per heavy atom. The van der Waals surface area contributed by atoms with Gasteiger partial charge < -0.3 is 30.6 Å². The van der Waals surface area contributed by atoms with E-state index in [9.17, 15) is 59.4 Å². The van der Waals surface area contributed by atoms with E-state index >= 15 is 0 Å². The SMILES string of the molecule is O=C(O)CC(S)CC(CC(S)CC(=O)O)(C(=O)O)C(S)(CCO)C(CCO)(CCO)n1c(=O)[nH]c(=O)[nH]c1=O. The van der Waals surface area contributed by atoms with Crippen LogP contribution >= 0.6 is 37.9 Å². The summed E-state index contributed by atoms with van der Waals surface area (Å²) >= 11 is 13.2. The number of carboxylic acids is 3. The largest absolute Gasteiger partial charge is 0.481 e. The van der Waals surface area contributed by atoms with Gasteiger partial charge in [-0.3, -0.25) is 24.4 Å². The van der Waals surface area contributed by atoms with Gasteiger partial charge in [0.25, 0.3) is 0 Å². The first-order chi connectivity index (χ1) is 18.1. The Morgan fingerprint density at radius 1 is 0.769 bits per heavy atom. The van der Waals surface area contributed by atoms with Crippen LogP contribution in [0, 0.1) is 5.41 Å². The molecule has 222 valence electrons. The van der Waals surface area contributed by atoms with Crippen LogP contribution in [0.5, 0.6) is 0 Å². The molecule has 1 aromatic heterocycles. The molecule has 3 atom stereocenters. The highest BCUT2D eigenvalue weighted by molar-refractivity contribution is 7.82. The lowest BCUT2D eigenvalue weighted by atomic mass is 9.57. The molecule has 8 N–H and O–H groups in total. The number of aromatic amines is 2. The van der Waals surface area contributed by atoms with Gasteiger partial charge >= 0.3 is 35.0 Å². The van der Waals surface area contributed by atoms with E-state index < -0.39 is 126 Å². The van der Waals surface area contributed by atoms with Crippen molar-refractivity contribution in [3.05, 3.63) is 31.5 Å². The maximum Gasteiger partial charge on any atom is 0.334 e. The topological polar surface area (TPSA) is 260 Å². The summed E-state index contributed by atoms with van der Waals surface area (Å²) in [6, 6.07) is 0. The van der Waals surface area contributed by atoms with Crippen molar-refractivity contribution >= 4 is 55.8 Å². The second kappa shape index (κ2) is 14.4. The van der Waals surface area contributed by atoms with E-state index in [4.69, 9.17) is 12.6 Å². The lowest BCUT2D eigenvalue weighted by Crippen LogP contribution is -2.70. The molecule has 0 saturated carbocycles. The molecule has 0 radical (unpaired) electrons. The first kappa shape index (κ1) is 34.8. The van der Waals surface area contributed by atoms with Gasteiger partial charge in [-0.2, -0.15) is 37.9 Å². The third-order valence-corrected chi connectivity index (χ3v) is 8.56. The van der Waals surface area contributed by atoms with Crippen LogP contribution in [-0.4, -0.2) is 98.1 Å². The zero-order valence-electron chi connectivity index (χ0n) is 20.6. The fourth-order valence-electron chi connectivity index (χ4n) is 5.34. The van der Waals surface area contributed by atoms with Crippen molar-refractivity contribution in [3.63, 3.8) is 0 Å². The minimum atomic E-state index is -2.39. The molecule has 15 nitrogen and oxygen atoms in total. The van der Waals surface area contributed by atoms with Gasteiger partial charge in [0, 0.05) is 30.3 Å². The van der Waals surface area contributed by atoms with Gasteiger partial charge in [0.1, 0.15) is 0 Å². The number of hydrogen-bond donors (Lipinski definition) is 11. The number of rotatable bonds is 18. The Balaban J connectivity index is 4.34. The van der Waals surface area contributed by atoms with Crippen molar-refractivity contribution in [2.75, 3.05) is 19.8 Å². The molecule has 1 heterocycles. The molecule has 0 aliphatic heterocycles. The Bertz CT molecular complexity index is 1130. The molecule has 0 fully saturated rings. The molecule has 39 heavy (non-hydrogen) atoms. The summed E-state index contributed by atoms with van der Waals surface area (Å²) < 4.78 is -1.92. The van der Waals surface area contributed by atoms with Crippen molar-refractivity contribution in [2.45, 2.75) is 65.7 Å². The van der Waals surface area contributed by atoms with Crippen LogP contribution in [0.3, 0.4) is 0 Å². The number of carbonyl (C=O) groups is 3. The second-order valence-corrected chi connectivity index (χ2v) is 11.4.